The molecule has 3 amide bonds. The molecular weight excluding hydrogens is 743 g/mol. The molecule has 0 unspecified atom stereocenters. The number of rotatable bonds is 14. The second-order valence-electron chi connectivity index (χ2n) is 14.9. The van der Waals surface area contributed by atoms with Crippen molar-refractivity contribution in [3.8, 4) is 22.8 Å². The van der Waals surface area contributed by atoms with E-state index in [1.807, 2.05) is 30.3 Å². The smallest absolute Gasteiger partial charge is 0.407 e. The summed E-state index contributed by atoms with van der Waals surface area (Å²) in [6.45, 7) is 5.20. The number of benzene rings is 3. The molecule has 1 aliphatic rings. The third-order valence-corrected chi connectivity index (χ3v) is 10.1. The van der Waals surface area contributed by atoms with E-state index in [1.165, 1.54) is 26.4 Å². The third kappa shape index (κ3) is 10.5. The Morgan fingerprint density at radius 2 is 1.66 bits per heavy atom. The third-order valence-electron chi connectivity index (χ3n) is 9.79. The molecule has 5 N–H and O–H groups in total. The van der Waals surface area contributed by atoms with E-state index in [1.54, 1.807) is 63.4 Å². The van der Waals surface area contributed by atoms with Crippen molar-refractivity contribution in [3.05, 3.63) is 113 Å². The van der Waals surface area contributed by atoms with Gasteiger partial charge in [0, 0.05) is 29.3 Å². The highest BCUT2D eigenvalue weighted by molar-refractivity contribution is 6.32. The van der Waals surface area contributed by atoms with Crippen molar-refractivity contribution in [1.29, 1.82) is 0 Å². The van der Waals surface area contributed by atoms with Gasteiger partial charge in [-0.05, 0) is 59.6 Å². The molecule has 3 aromatic carbocycles. The SMILES string of the molecule is COC(=O)N[C@H](C(=O)N[C@@H](Cc1ccc(-c2ccc(OC)nc2)cc1)[C@@H](O)C[C@@H](Cc1ccccc1F)C(=O)N[C@H]1c2cccc(Cl)c2OC[C@H]1O)C(C)(C)C. The fraction of sp³-hybridized carbons (Fsp3) is 0.381. The van der Waals surface area contributed by atoms with Crippen LogP contribution in [-0.4, -0.2) is 78.2 Å². The highest BCUT2D eigenvalue weighted by Gasteiger charge is 2.38. The summed E-state index contributed by atoms with van der Waals surface area (Å²) in [5, 5.41) is 31.7. The molecule has 0 saturated heterocycles. The van der Waals surface area contributed by atoms with E-state index < -0.39 is 65.4 Å². The fourth-order valence-electron chi connectivity index (χ4n) is 6.67. The number of aliphatic hydroxyl groups is 2. The predicted octanol–water partition coefficient (Wildman–Crippen LogP) is 5.57. The molecule has 1 aliphatic heterocycles. The molecule has 0 radical (unpaired) electrons. The minimum Gasteiger partial charge on any atom is -0.489 e. The van der Waals surface area contributed by atoms with E-state index in [0.29, 0.717) is 22.2 Å². The van der Waals surface area contributed by atoms with Crippen molar-refractivity contribution in [2.24, 2.45) is 11.3 Å². The summed E-state index contributed by atoms with van der Waals surface area (Å²) in [6, 6.07) is 19.2. The van der Waals surface area contributed by atoms with Gasteiger partial charge in [-0.15, -0.1) is 0 Å². The van der Waals surface area contributed by atoms with Crippen molar-refractivity contribution < 1.29 is 43.2 Å². The highest BCUT2D eigenvalue weighted by atomic mass is 35.5. The van der Waals surface area contributed by atoms with E-state index in [9.17, 15) is 24.6 Å². The molecule has 14 heteroatoms. The number of amides is 3. The van der Waals surface area contributed by atoms with Crippen molar-refractivity contribution in [2.45, 2.75) is 70.4 Å². The average molecular weight is 791 g/mol. The normalized spacial score (nSPS) is 17.2. The first-order valence-electron chi connectivity index (χ1n) is 18.2. The van der Waals surface area contributed by atoms with E-state index in [0.717, 1.165) is 16.7 Å². The lowest BCUT2D eigenvalue weighted by atomic mass is 9.85. The number of aromatic nitrogens is 1. The van der Waals surface area contributed by atoms with Crippen LogP contribution in [0.1, 0.15) is 49.9 Å². The Hall–Kier alpha value is -5.24. The number of aliphatic hydroxyl groups excluding tert-OH is 2. The van der Waals surface area contributed by atoms with Crippen molar-refractivity contribution in [1.82, 2.24) is 20.9 Å². The number of hydrogen-bond acceptors (Lipinski definition) is 9. The van der Waals surface area contributed by atoms with Gasteiger partial charge in [-0.3, -0.25) is 9.59 Å². The number of nitrogens with one attached hydrogen (secondary N) is 3. The second-order valence-corrected chi connectivity index (χ2v) is 15.3. The number of carbonyl (C=O) groups excluding carboxylic acids is 3. The summed E-state index contributed by atoms with van der Waals surface area (Å²) < 4.78 is 30.7. The van der Waals surface area contributed by atoms with Crippen molar-refractivity contribution in [2.75, 3.05) is 20.8 Å². The maximum atomic E-state index is 15.1. The molecular formula is C42H48ClFN4O8. The Kier molecular flexibility index (Phi) is 13.9. The second kappa shape index (κ2) is 18.6. The number of methoxy groups -OCH3 is 2. The van der Waals surface area contributed by atoms with Gasteiger partial charge in [-0.1, -0.05) is 87.0 Å². The van der Waals surface area contributed by atoms with Gasteiger partial charge in [0.25, 0.3) is 0 Å². The van der Waals surface area contributed by atoms with Gasteiger partial charge in [0.2, 0.25) is 17.7 Å². The average Bonchev–Trinajstić information content (AvgIpc) is 3.18. The molecule has 0 saturated carbocycles. The zero-order valence-electron chi connectivity index (χ0n) is 31.9. The van der Waals surface area contributed by atoms with Crippen molar-refractivity contribution in [3.63, 3.8) is 0 Å². The van der Waals surface area contributed by atoms with Crippen LogP contribution in [0.5, 0.6) is 11.6 Å². The lowest BCUT2D eigenvalue weighted by Gasteiger charge is -2.34. The van der Waals surface area contributed by atoms with Gasteiger partial charge in [0.15, 0.2) is 0 Å². The molecule has 6 atom stereocenters. The molecule has 2 heterocycles. The lowest BCUT2D eigenvalue weighted by Crippen LogP contribution is -2.57. The molecule has 0 bridgehead atoms. The number of carbonyl (C=O) groups is 3. The summed E-state index contributed by atoms with van der Waals surface area (Å²) in [7, 11) is 2.73. The van der Waals surface area contributed by atoms with Crippen molar-refractivity contribution >= 4 is 29.5 Å². The molecule has 56 heavy (non-hydrogen) atoms. The monoisotopic (exact) mass is 790 g/mol. The Balaban J connectivity index is 1.45. The van der Waals surface area contributed by atoms with Crippen LogP contribution in [-0.2, 0) is 27.2 Å². The number of halogens is 2. The van der Waals surface area contributed by atoms with E-state index in [4.69, 9.17) is 25.8 Å². The van der Waals surface area contributed by atoms with Gasteiger partial charge in [-0.2, -0.15) is 0 Å². The zero-order chi connectivity index (χ0) is 40.6. The summed E-state index contributed by atoms with van der Waals surface area (Å²) in [5.74, 6) is -1.89. The predicted molar refractivity (Wildman–Crippen MR) is 209 cm³/mol. The quantitative estimate of drug-likeness (QED) is 0.110. The van der Waals surface area contributed by atoms with Gasteiger partial charge in [0.1, 0.15) is 30.3 Å². The molecule has 1 aromatic heterocycles. The highest BCUT2D eigenvalue weighted by Crippen LogP contribution is 2.38. The topological polar surface area (TPSA) is 168 Å². The Bertz CT molecular complexity index is 1980. The number of para-hydroxylation sites is 1. The molecule has 298 valence electrons. The lowest BCUT2D eigenvalue weighted by molar-refractivity contribution is -0.128. The number of fused-ring (bicyclic) bond motifs is 1. The summed E-state index contributed by atoms with van der Waals surface area (Å²) >= 11 is 6.36. The van der Waals surface area contributed by atoms with Crippen LogP contribution in [0.15, 0.2) is 85.1 Å². The Morgan fingerprint density at radius 3 is 2.30 bits per heavy atom. The fourth-order valence-corrected chi connectivity index (χ4v) is 6.91. The Labute approximate surface area is 330 Å². The molecule has 0 spiro atoms. The van der Waals surface area contributed by atoms with Gasteiger partial charge in [0.05, 0.1) is 37.4 Å². The molecule has 12 nitrogen and oxygen atoms in total. The standard InChI is InChI=1S/C42H48ClFN4O8/c1-42(2,3)38(48-41(53)55-5)40(52)46-32(19-24-13-15-25(16-14-24)27-17-18-35(54-4)45-22-27)33(49)21-28(20-26-9-6-7-12-31(26)44)39(51)47-36-29-10-8-11-30(43)37(29)56-23-34(36)50/h6-18,22,28,32-34,36,38,49-50H,19-21,23H2,1-5H3,(H,46,52)(H,47,51)(H,48,53)/t28-,32+,33+,34-,36+,38-/m1/s1. The molecule has 5 rings (SSSR count). The number of hydrogen-bond donors (Lipinski definition) is 5. The number of pyridine rings is 1. The van der Waals surface area contributed by atoms with Crippen LogP contribution in [0.4, 0.5) is 9.18 Å². The largest absolute Gasteiger partial charge is 0.489 e. The van der Waals surface area contributed by atoms with E-state index in [-0.39, 0.29) is 31.4 Å². The van der Waals surface area contributed by atoms with E-state index >= 15 is 4.39 Å². The first kappa shape index (κ1) is 41.9. The summed E-state index contributed by atoms with van der Waals surface area (Å²) in [6.07, 6.45) is -1.78. The zero-order valence-corrected chi connectivity index (χ0v) is 32.7. The first-order valence-corrected chi connectivity index (χ1v) is 18.6. The molecule has 4 aromatic rings. The van der Waals surface area contributed by atoms with Gasteiger partial charge in [-0.25, -0.2) is 14.2 Å². The minimum atomic E-state index is -1.35. The number of alkyl carbamates (subject to hydrolysis) is 1. The van der Waals surface area contributed by atoms with Crippen LogP contribution in [0.2, 0.25) is 5.02 Å². The summed E-state index contributed by atoms with van der Waals surface area (Å²) in [4.78, 5) is 44.7. The minimum absolute atomic E-state index is 0.100. The van der Waals surface area contributed by atoms with Crippen LogP contribution in [0.3, 0.4) is 0 Å². The molecule has 0 fully saturated rings. The van der Waals surface area contributed by atoms with Gasteiger partial charge >= 0.3 is 6.09 Å². The Morgan fingerprint density at radius 1 is 0.946 bits per heavy atom. The van der Waals surface area contributed by atoms with Crippen LogP contribution in [0, 0.1) is 17.2 Å². The van der Waals surface area contributed by atoms with Crippen LogP contribution < -0.4 is 25.4 Å². The maximum absolute atomic E-state index is 15.1. The maximum Gasteiger partial charge on any atom is 0.407 e. The molecule has 0 aliphatic carbocycles. The van der Waals surface area contributed by atoms with E-state index in [2.05, 4.69) is 20.9 Å². The van der Waals surface area contributed by atoms with Crippen LogP contribution >= 0.6 is 11.6 Å². The van der Waals surface area contributed by atoms with Gasteiger partial charge < -0.3 is 40.4 Å². The number of nitrogens with zero attached hydrogens (tertiary/aromatic N) is 1. The first-order chi connectivity index (χ1) is 26.7. The summed E-state index contributed by atoms with van der Waals surface area (Å²) in [5.41, 5.74) is 2.43. The van der Waals surface area contributed by atoms with Crippen LogP contribution in [0.25, 0.3) is 11.1 Å². The number of ether oxygens (including phenoxy) is 3.